The first kappa shape index (κ1) is 13.8. The fourth-order valence-electron chi connectivity index (χ4n) is 1.92. The molecule has 5 heteroatoms. The Bertz CT molecular complexity index is 409. The van der Waals surface area contributed by atoms with E-state index in [4.69, 9.17) is 5.26 Å². The van der Waals surface area contributed by atoms with Gasteiger partial charge in [-0.05, 0) is 31.2 Å². The number of halogens is 2. The molecule has 1 saturated heterocycles. The molecule has 1 N–H and O–H groups in total. The van der Waals surface area contributed by atoms with Crippen LogP contribution in [-0.4, -0.2) is 26.2 Å². The number of hydrogen-bond donors (Lipinski definition) is 1. The Kier molecular flexibility index (Phi) is 5.20. The van der Waals surface area contributed by atoms with Crippen LogP contribution in [0.4, 0.5) is 10.1 Å². The highest BCUT2D eigenvalue weighted by Gasteiger charge is 2.13. The standard InChI is InChI=1S/C12H14FN3.ClH/c13-11-8-10(9-14)2-3-12(11)16-6-1-4-15-5-7-16;/h2-3,8,15H,1,4-7H2;1H. The zero-order valence-electron chi connectivity index (χ0n) is 9.45. The van der Waals surface area contributed by atoms with Gasteiger partial charge in [0.15, 0.2) is 0 Å². The Labute approximate surface area is 107 Å². The molecular formula is C12H15ClFN3. The highest BCUT2D eigenvalue weighted by Crippen LogP contribution is 2.20. The normalized spacial score (nSPS) is 15.6. The lowest BCUT2D eigenvalue weighted by Crippen LogP contribution is -2.28. The van der Waals surface area contributed by atoms with Crippen LogP contribution in [-0.2, 0) is 0 Å². The van der Waals surface area contributed by atoms with Gasteiger partial charge in [-0.2, -0.15) is 5.26 Å². The molecule has 0 amide bonds. The summed E-state index contributed by atoms with van der Waals surface area (Å²) in [6.07, 6.45) is 1.01. The first-order chi connectivity index (χ1) is 7.81. The van der Waals surface area contributed by atoms with E-state index in [0.29, 0.717) is 11.3 Å². The third-order valence-electron chi connectivity index (χ3n) is 2.76. The minimum Gasteiger partial charge on any atom is -0.368 e. The summed E-state index contributed by atoms with van der Waals surface area (Å²) in [7, 11) is 0. The smallest absolute Gasteiger partial charge is 0.147 e. The largest absolute Gasteiger partial charge is 0.368 e. The molecule has 0 aromatic heterocycles. The second-order valence-electron chi connectivity index (χ2n) is 3.87. The molecule has 1 fully saturated rings. The highest BCUT2D eigenvalue weighted by molar-refractivity contribution is 5.85. The third kappa shape index (κ3) is 3.32. The topological polar surface area (TPSA) is 39.1 Å². The fraction of sp³-hybridized carbons (Fsp3) is 0.417. The van der Waals surface area contributed by atoms with Crippen molar-refractivity contribution in [1.29, 1.82) is 5.26 Å². The van der Waals surface area contributed by atoms with E-state index in [0.717, 1.165) is 32.6 Å². The van der Waals surface area contributed by atoms with Crippen LogP contribution in [0.5, 0.6) is 0 Å². The van der Waals surface area contributed by atoms with E-state index in [9.17, 15) is 4.39 Å². The zero-order valence-corrected chi connectivity index (χ0v) is 10.3. The van der Waals surface area contributed by atoms with Crippen molar-refractivity contribution in [2.24, 2.45) is 0 Å². The van der Waals surface area contributed by atoms with Gasteiger partial charge in [-0.1, -0.05) is 0 Å². The van der Waals surface area contributed by atoms with E-state index >= 15 is 0 Å². The molecule has 0 radical (unpaired) electrons. The molecule has 1 aliphatic rings. The van der Waals surface area contributed by atoms with Crippen molar-refractivity contribution < 1.29 is 4.39 Å². The first-order valence-electron chi connectivity index (χ1n) is 5.46. The maximum absolute atomic E-state index is 13.7. The molecule has 92 valence electrons. The van der Waals surface area contributed by atoms with Gasteiger partial charge in [-0.25, -0.2) is 4.39 Å². The molecule has 1 aromatic rings. The maximum atomic E-state index is 13.7. The van der Waals surface area contributed by atoms with Gasteiger partial charge in [0.2, 0.25) is 0 Å². The van der Waals surface area contributed by atoms with Crippen LogP contribution in [0.3, 0.4) is 0 Å². The Morgan fingerprint density at radius 2 is 2.12 bits per heavy atom. The van der Waals surface area contributed by atoms with Gasteiger partial charge >= 0.3 is 0 Å². The molecule has 1 aliphatic heterocycles. The molecule has 0 unspecified atom stereocenters. The van der Waals surface area contributed by atoms with Crippen LogP contribution in [0, 0.1) is 17.1 Å². The summed E-state index contributed by atoms with van der Waals surface area (Å²) in [4.78, 5) is 2.02. The van der Waals surface area contributed by atoms with Gasteiger partial charge in [0.05, 0.1) is 17.3 Å². The highest BCUT2D eigenvalue weighted by atomic mass is 35.5. The third-order valence-corrected chi connectivity index (χ3v) is 2.76. The number of nitrogens with zero attached hydrogens (tertiary/aromatic N) is 2. The van der Waals surface area contributed by atoms with E-state index in [1.807, 2.05) is 11.0 Å². The molecule has 0 aliphatic carbocycles. The summed E-state index contributed by atoms with van der Waals surface area (Å²) in [5, 5.41) is 11.9. The maximum Gasteiger partial charge on any atom is 0.147 e. The van der Waals surface area contributed by atoms with Crippen LogP contribution >= 0.6 is 12.4 Å². The van der Waals surface area contributed by atoms with Crippen LogP contribution in [0.15, 0.2) is 18.2 Å². The van der Waals surface area contributed by atoms with E-state index in [-0.39, 0.29) is 18.2 Å². The van der Waals surface area contributed by atoms with Crippen LogP contribution in [0.2, 0.25) is 0 Å². The minimum absolute atomic E-state index is 0. The van der Waals surface area contributed by atoms with Gasteiger partial charge in [0, 0.05) is 19.6 Å². The number of hydrogen-bond acceptors (Lipinski definition) is 3. The molecule has 0 spiro atoms. The molecule has 2 rings (SSSR count). The van der Waals surface area contributed by atoms with Gasteiger partial charge in [-0.3, -0.25) is 0 Å². The quantitative estimate of drug-likeness (QED) is 0.833. The second-order valence-corrected chi connectivity index (χ2v) is 3.87. The lowest BCUT2D eigenvalue weighted by molar-refractivity contribution is 0.617. The molecule has 3 nitrogen and oxygen atoms in total. The molecule has 17 heavy (non-hydrogen) atoms. The second kappa shape index (κ2) is 6.43. The SMILES string of the molecule is Cl.N#Cc1ccc(N2CCCNCC2)c(F)c1. The number of rotatable bonds is 1. The Morgan fingerprint density at radius 1 is 1.29 bits per heavy atom. The summed E-state index contributed by atoms with van der Waals surface area (Å²) in [5.41, 5.74) is 0.969. The van der Waals surface area contributed by atoms with Crippen LogP contribution in [0.25, 0.3) is 0 Å². The van der Waals surface area contributed by atoms with Crippen molar-refractivity contribution in [3.8, 4) is 6.07 Å². The van der Waals surface area contributed by atoms with E-state index in [1.54, 1.807) is 12.1 Å². The van der Waals surface area contributed by atoms with E-state index in [2.05, 4.69) is 5.32 Å². The summed E-state index contributed by atoms with van der Waals surface area (Å²) in [5.74, 6) is -0.305. The van der Waals surface area contributed by atoms with Crippen molar-refractivity contribution in [3.05, 3.63) is 29.6 Å². The Morgan fingerprint density at radius 3 is 2.82 bits per heavy atom. The molecule has 1 aromatic carbocycles. The van der Waals surface area contributed by atoms with Crippen molar-refractivity contribution in [2.75, 3.05) is 31.1 Å². The molecule has 0 atom stereocenters. The predicted octanol–water partition coefficient (Wildman–Crippen LogP) is 1.92. The summed E-state index contributed by atoms with van der Waals surface area (Å²) < 4.78 is 13.7. The number of nitriles is 1. The van der Waals surface area contributed by atoms with Crippen molar-refractivity contribution in [3.63, 3.8) is 0 Å². The first-order valence-corrected chi connectivity index (χ1v) is 5.46. The Hall–Kier alpha value is -1.31. The van der Waals surface area contributed by atoms with Crippen molar-refractivity contribution in [1.82, 2.24) is 5.32 Å². The van der Waals surface area contributed by atoms with E-state index in [1.165, 1.54) is 6.07 Å². The lowest BCUT2D eigenvalue weighted by atomic mass is 10.2. The summed E-state index contributed by atoms with van der Waals surface area (Å²) in [6, 6.07) is 6.60. The zero-order chi connectivity index (χ0) is 11.4. The average molecular weight is 256 g/mol. The monoisotopic (exact) mass is 255 g/mol. The average Bonchev–Trinajstić information content (AvgIpc) is 2.57. The van der Waals surface area contributed by atoms with Crippen molar-refractivity contribution in [2.45, 2.75) is 6.42 Å². The lowest BCUT2D eigenvalue weighted by Gasteiger charge is -2.22. The molecule has 0 bridgehead atoms. The summed E-state index contributed by atoms with van der Waals surface area (Å²) in [6.45, 7) is 3.52. The predicted molar refractivity (Wildman–Crippen MR) is 68.1 cm³/mol. The molecule has 1 heterocycles. The number of benzene rings is 1. The fourth-order valence-corrected chi connectivity index (χ4v) is 1.92. The van der Waals surface area contributed by atoms with Crippen LogP contribution < -0.4 is 10.2 Å². The minimum atomic E-state index is -0.305. The van der Waals surface area contributed by atoms with Crippen molar-refractivity contribution >= 4 is 18.1 Å². The Balaban J connectivity index is 0.00000144. The number of anilines is 1. The number of nitrogens with one attached hydrogen (secondary N) is 1. The molecule has 0 saturated carbocycles. The van der Waals surface area contributed by atoms with Crippen LogP contribution in [0.1, 0.15) is 12.0 Å². The van der Waals surface area contributed by atoms with E-state index < -0.39 is 0 Å². The van der Waals surface area contributed by atoms with Gasteiger partial charge in [0.1, 0.15) is 5.82 Å². The van der Waals surface area contributed by atoms with Gasteiger partial charge in [0.25, 0.3) is 0 Å². The molecular weight excluding hydrogens is 241 g/mol. The van der Waals surface area contributed by atoms with Gasteiger partial charge in [-0.15, -0.1) is 12.4 Å². The van der Waals surface area contributed by atoms with Gasteiger partial charge < -0.3 is 10.2 Å². The summed E-state index contributed by atoms with van der Waals surface area (Å²) >= 11 is 0.